The third-order valence-electron chi connectivity index (χ3n) is 4.04. The normalized spacial score (nSPS) is 25.8. The van der Waals surface area contributed by atoms with Gasteiger partial charge in [-0.3, -0.25) is 9.59 Å². The van der Waals surface area contributed by atoms with E-state index in [9.17, 15) is 9.59 Å². The highest BCUT2D eigenvalue weighted by molar-refractivity contribution is 6.23. The van der Waals surface area contributed by atoms with Crippen molar-refractivity contribution in [3.63, 3.8) is 0 Å². The van der Waals surface area contributed by atoms with Gasteiger partial charge in [-0.2, -0.15) is 0 Å². The number of amides is 2. The molecule has 0 spiro atoms. The molecule has 3 rings (SSSR count). The third kappa shape index (κ3) is 1.69. The Balaban J connectivity index is 2.03. The van der Waals surface area contributed by atoms with Crippen molar-refractivity contribution in [2.24, 2.45) is 11.8 Å². The molecule has 5 heteroatoms. The Bertz CT molecular complexity index is 534. The molecule has 1 aromatic carbocycles. The quantitative estimate of drug-likeness (QED) is 0.647. The fourth-order valence-corrected chi connectivity index (χ4v) is 3.11. The Kier molecular flexibility index (Phi) is 2.69. The van der Waals surface area contributed by atoms with Crippen molar-refractivity contribution < 1.29 is 14.3 Å². The number of nitrogens with zero attached hydrogens (tertiary/aromatic N) is 1. The van der Waals surface area contributed by atoms with Crippen molar-refractivity contribution in [3.05, 3.63) is 18.2 Å². The maximum Gasteiger partial charge on any atom is 0.237 e. The molecular weight excluding hydrogens is 244 g/mol. The van der Waals surface area contributed by atoms with E-state index in [1.54, 1.807) is 18.2 Å². The van der Waals surface area contributed by atoms with Gasteiger partial charge in [0.05, 0.1) is 24.6 Å². The summed E-state index contributed by atoms with van der Waals surface area (Å²) >= 11 is 0. The summed E-state index contributed by atoms with van der Waals surface area (Å²) in [6, 6.07) is 4.97. The van der Waals surface area contributed by atoms with Gasteiger partial charge in [-0.05, 0) is 25.0 Å². The lowest BCUT2D eigenvalue weighted by Gasteiger charge is -2.19. The van der Waals surface area contributed by atoms with Gasteiger partial charge in [-0.25, -0.2) is 4.90 Å². The topological polar surface area (TPSA) is 72.6 Å². The van der Waals surface area contributed by atoms with Crippen LogP contribution in [0.1, 0.15) is 19.3 Å². The summed E-state index contributed by atoms with van der Waals surface area (Å²) in [6.45, 7) is 0. The molecule has 1 saturated heterocycles. The second kappa shape index (κ2) is 4.26. The van der Waals surface area contributed by atoms with Gasteiger partial charge < -0.3 is 10.5 Å². The van der Waals surface area contributed by atoms with Gasteiger partial charge in [-0.1, -0.05) is 6.42 Å². The molecule has 100 valence electrons. The molecule has 2 amide bonds. The molecule has 2 N–H and O–H groups in total. The van der Waals surface area contributed by atoms with Crippen LogP contribution >= 0.6 is 0 Å². The number of carbonyl (C=O) groups excluding carboxylic acids is 2. The smallest absolute Gasteiger partial charge is 0.237 e. The average molecular weight is 260 g/mol. The van der Waals surface area contributed by atoms with Crippen molar-refractivity contribution in [2.45, 2.75) is 19.3 Å². The van der Waals surface area contributed by atoms with E-state index in [0.717, 1.165) is 19.3 Å². The van der Waals surface area contributed by atoms with Crippen LogP contribution in [0.4, 0.5) is 11.4 Å². The van der Waals surface area contributed by atoms with Crippen molar-refractivity contribution in [3.8, 4) is 5.75 Å². The average Bonchev–Trinajstić information content (AvgIpc) is 2.96. The fraction of sp³-hybridized carbons (Fsp3) is 0.429. The molecule has 0 aromatic heterocycles. The van der Waals surface area contributed by atoms with Crippen LogP contribution in [0.2, 0.25) is 0 Å². The first-order valence-corrected chi connectivity index (χ1v) is 6.45. The molecular formula is C14H16N2O3. The Hall–Kier alpha value is -2.04. The van der Waals surface area contributed by atoms with Crippen LogP contribution in [0, 0.1) is 11.8 Å². The van der Waals surface area contributed by atoms with Gasteiger partial charge in [0, 0.05) is 11.8 Å². The van der Waals surface area contributed by atoms with E-state index < -0.39 is 0 Å². The number of benzene rings is 1. The van der Waals surface area contributed by atoms with E-state index >= 15 is 0 Å². The molecule has 0 bridgehead atoms. The van der Waals surface area contributed by atoms with Crippen molar-refractivity contribution in [1.82, 2.24) is 0 Å². The molecule has 5 nitrogen and oxygen atoms in total. The van der Waals surface area contributed by atoms with Gasteiger partial charge in [0.25, 0.3) is 0 Å². The lowest BCUT2D eigenvalue weighted by Crippen LogP contribution is -2.31. The van der Waals surface area contributed by atoms with Crippen molar-refractivity contribution in [2.75, 3.05) is 17.7 Å². The summed E-state index contributed by atoms with van der Waals surface area (Å²) in [4.78, 5) is 26.0. The number of nitrogen functional groups attached to an aromatic ring is 1. The minimum Gasteiger partial charge on any atom is -0.494 e. The predicted molar refractivity (Wildman–Crippen MR) is 70.7 cm³/mol. The Morgan fingerprint density at radius 1 is 1.21 bits per heavy atom. The predicted octanol–water partition coefficient (Wildman–Crippen LogP) is 1.57. The van der Waals surface area contributed by atoms with E-state index in [0.29, 0.717) is 17.1 Å². The standard InChI is InChI=1S/C14H16N2O3/c1-19-12-7-8(15)5-6-11(12)16-13(17)9-3-2-4-10(9)14(16)18/h5-7,9-10H,2-4,15H2,1H3. The summed E-state index contributed by atoms with van der Waals surface area (Å²) in [5.41, 5.74) is 6.74. The minimum atomic E-state index is -0.144. The highest BCUT2D eigenvalue weighted by Gasteiger charge is 2.50. The van der Waals surface area contributed by atoms with E-state index in [-0.39, 0.29) is 23.7 Å². The molecule has 2 fully saturated rings. The molecule has 2 atom stereocenters. The van der Waals surface area contributed by atoms with E-state index in [1.165, 1.54) is 12.0 Å². The first kappa shape index (κ1) is 12.0. The summed E-state index contributed by atoms with van der Waals surface area (Å²) in [5.74, 6) is -0.0302. The second-order valence-corrected chi connectivity index (χ2v) is 5.09. The Morgan fingerprint density at radius 2 is 1.84 bits per heavy atom. The first-order chi connectivity index (χ1) is 9.13. The molecule has 1 aliphatic carbocycles. The SMILES string of the molecule is COc1cc(N)ccc1N1C(=O)C2CCCC2C1=O. The number of anilines is 2. The zero-order valence-corrected chi connectivity index (χ0v) is 10.8. The molecule has 2 unspecified atom stereocenters. The van der Waals surface area contributed by atoms with Gasteiger partial charge in [-0.15, -0.1) is 0 Å². The van der Waals surface area contributed by atoms with Crippen LogP contribution in [-0.2, 0) is 9.59 Å². The molecule has 0 radical (unpaired) electrons. The van der Waals surface area contributed by atoms with Crippen LogP contribution in [-0.4, -0.2) is 18.9 Å². The molecule has 1 aromatic rings. The van der Waals surface area contributed by atoms with E-state index in [4.69, 9.17) is 10.5 Å². The van der Waals surface area contributed by atoms with Crippen LogP contribution in [0.15, 0.2) is 18.2 Å². The lowest BCUT2D eigenvalue weighted by atomic mass is 10.00. The van der Waals surface area contributed by atoms with Crippen LogP contribution in [0.25, 0.3) is 0 Å². The van der Waals surface area contributed by atoms with Crippen LogP contribution < -0.4 is 15.4 Å². The summed E-state index contributed by atoms with van der Waals surface area (Å²) < 4.78 is 5.23. The molecule has 2 aliphatic rings. The summed E-state index contributed by atoms with van der Waals surface area (Å²) in [7, 11) is 1.50. The fourth-order valence-electron chi connectivity index (χ4n) is 3.11. The van der Waals surface area contributed by atoms with Gasteiger partial charge >= 0.3 is 0 Å². The maximum absolute atomic E-state index is 12.4. The van der Waals surface area contributed by atoms with E-state index in [2.05, 4.69) is 0 Å². The van der Waals surface area contributed by atoms with E-state index in [1.807, 2.05) is 0 Å². The number of imide groups is 1. The number of ether oxygens (including phenoxy) is 1. The largest absolute Gasteiger partial charge is 0.494 e. The first-order valence-electron chi connectivity index (χ1n) is 6.45. The van der Waals surface area contributed by atoms with Crippen LogP contribution in [0.5, 0.6) is 5.75 Å². The number of hydrogen-bond donors (Lipinski definition) is 1. The number of fused-ring (bicyclic) bond motifs is 1. The number of nitrogens with two attached hydrogens (primary N) is 1. The lowest BCUT2D eigenvalue weighted by molar-refractivity contribution is -0.122. The summed E-state index contributed by atoms with van der Waals surface area (Å²) in [6.07, 6.45) is 2.57. The second-order valence-electron chi connectivity index (χ2n) is 5.09. The third-order valence-corrected chi connectivity index (χ3v) is 4.04. The number of rotatable bonds is 2. The van der Waals surface area contributed by atoms with Gasteiger partial charge in [0.1, 0.15) is 5.75 Å². The Labute approximate surface area is 111 Å². The van der Waals surface area contributed by atoms with Gasteiger partial charge in [0.2, 0.25) is 11.8 Å². The van der Waals surface area contributed by atoms with Gasteiger partial charge in [0.15, 0.2) is 0 Å². The Morgan fingerprint density at radius 3 is 2.42 bits per heavy atom. The zero-order valence-electron chi connectivity index (χ0n) is 10.8. The number of carbonyl (C=O) groups is 2. The minimum absolute atomic E-state index is 0.101. The number of hydrogen-bond acceptors (Lipinski definition) is 4. The molecule has 1 aliphatic heterocycles. The van der Waals surface area contributed by atoms with Crippen molar-refractivity contribution >= 4 is 23.2 Å². The van der Waals surface area contributed by atoms with Crippen LogP contribution in [0.3, 0.4) is 0 Å². The highest BCUT2D eigenvalue weighted by Crippen LogP contribution is 2.43. The zero-order chi connectivity index (χ0) is 13.6. The molecule has 1 saturated carbocycles. The summed E-state index contributed by atoms with van der Waals surface area (Å²) in [5, 5.41) is 0. The number of methoxy groups -OCH3 is 1. The monoisotopic (exact) mass is 260 g/mol. The highest BCUT2D eigenvalue weighted by atomic mass is 16.5. The maximum atomic E-state index is 12.4. The molecule has 1 heterocycles. The van der Waals surface area contributed by atoms with Crippen molar-refractivity contribution in [1.29, 1.82) is 0 Å². The molecule has 19 heavy (non-hydrogen) atoms.